The molecular weight excluding hydrogens is 272 g/mol. The Bertz CT molecular complexity index is 602. The van der Waals surface area contributed by atoms with Gasteiger partial charge in [-0.05, 0) is 19.1 Å². The molecule has 2 aromatic heterocycles. The zero-order chi connectivity index (χ0) is 14.7. The first-order chi connectivity index (χ1) is 10.2. The number of anilines is 1. The standard InChI is InChI=1S/C14H18N4O3/c1-2-20-14(5-8-19-9-6-14)13-17-12(21-18-13)11-10(15)4-3-7-16-11/h3-4,7H,2,5-6,8-9,15H2,1H3. The molecule has 0 radical (unpaired) electrons. The normalized spacial score (nSPS) is 17.8. The Hall–Kier alpha value is -1.99. The van der Waals surface area contributed by atoms with Gasteiger partial charge in [-0.15, -0.1) is 0 Å². The second kappa shape index (κ2) is 5.79. The van der Waals surface area contributed by atoms with Crippen LogP contribution in [-0.2, 0) is 15.1 Å². The van der Waals surface area contributed by atoms with E-state index < -0.39 is 5.60 Å². The molecule has 7 heteroatoms. The highest BCUT2D eigenvalue weighted by Crippen LogP contribution is 2.35. The van der Waals surface area contributed by atoms with Crippen molar-refractivity contribution in [2.24, 2.45) is 0 Å². The van der Waals surface area contributed by atoms with E-state index in [0.29, 0.717) is 55.8 Å². The molecule has 1 aliphatic rings. The summed E-state index contributed by atoms with van der Waals surface area (Å²) >= 11 is 0. The lowest BCUT2D eigenvalue weighted by Crippen LogP contribution is -2.37. The van der Waals surface area contributed by atoms with Gasteiger partial charge in [-0.1, -0.05) is 5.16 Å². The Morgan fingerprint density at radius 2 is 2.19 bits per heavy atom. The van der Waals surface area contributed by atoms with Crippen molar-refractivity contribution in [1.29, 1.82) is 0 Å². The zero-order valence-corrected chi connectivity index (χ0v) is 11.9. The number of hydrogen-bond acceptors (Lipinski definition) is 7. The molecule has 0 spiro atoms. The van der Waals surface area contributed by atoms with Gasteiger partial charge in [-0.3, -0.25) is 0 Å². The van der Waals surface area contributed by atoms with Crippen LogP contribution in [0.3, 0.4) is 0 Å². The fraction of sp³-hybridized carbons (Fsp3) is 0.500. The number of ether oxygens (including phenoxy) is 2. The molecule has 1 saturated heterocycles. The van der Waals surface area contributed by atoms with E-state index >= 15 is 0 Å². The topological polar surface area (TPSA) is 96.3 Å². The number of rotatable bonds is 4. The second-order valence-corrected chi connectivity index (χ2v) is 4.90. The fourth-order valence-corrected chi connectivity index (χ4v) is 2.51. The Morgan fingerprint density at radius 3 is 2.90 bits per heavy atom. The molecule has 112 valence electrons. The Balaban J connectivity index is 1.94. The first-order valence-electron chi connectivity index (χ1n) is 7.02. The quantitative estimate of drug-likeness (QED) is 0.916. The van der Waals surface area contributed by atoms with E-state index in [0.717, 1.165) is 0 Å². The lowest BCUT2D eigenvalue weighted by atomic mass is 9.93. The van der Waals surface area contributed by atoms with Crippen molar-refractivity contribution in [3.8, 4) is 11.6 Å². The molecule has 7 nitrogen and oxygen atoms in total. The van der Waals surface area contributed by atoms with Crippen LogP contribution < -0.4 is 5.73 Å². The highest BCUT2D eigenvalue weighted by molar-refractivity contribution is 5.65. The van der Waals surface area contributed by atoms with Gasteiger partial charge in [-0.2, -0.15) is 4.98 Å². The summed E-state index contributed by atoms with van der Waals surface area (Å²) < 4.78 is 16.7. The van der Waals surface area contributed by atoms with Crippen LogP contribution in [0, 0.1) is 0 Å². The molecule has 1 aliphatic heterocycles. The van der Waals surface area contributed by atoms with Gasteiger partial charge in [0.25, 0.3) is 5.89 Å². The van der Waals surface area contributed by atoms with Gasteiger partial charge in [0.05, 0.1) is 5.69 Å². The number of aromatic nitrogens is 3. The van der Waals surface area contributed by atoms with Gasteiger partial charge < -0.3 is 19.7 Å². The van der Waals surface area contributed by atoms with Crippen LogP contribution >= 0.6 is 0 Å². The average molecular weight is 290 g/mol. The van der Waals surface area contributed by atoms with Gasteiger partial charge in [-0.25, -0.2) is 4.98 Å². The van der Waals surface area contributed by atoms with E-state index in [1.807, 2.05) is 6.92 Å². The van der Waals surface area contributed by atoms with Gasteiger partial charge in [0, 0.05) is 38.9 Å². The van der Waals surface area contributed by atoms with E-state index in [2.05, 4.69) is 15.1 Å². The van der Waals surface area contributed by atoms with Crippen LogP contribution in [0.25, 0.3) is 11.6 Å². The highest BCUT2D eigenvalue weighted by atomic mass is 16.5. The smallest absolute Gasteiger partial charge is 0.278 e. The molecular formula is C14H18N4O3. The number of pyridine rings is 1. The van der Waals surface area contributed by atoms with E-state index in [1.165, 1.54) is 0 Å². The summed E-state index contributed by atoms with van der Waals surface area (Å²) in [5.41, 5.74) is 6.35. The van der Waals surface area contributed by atoms with Crippen LogP contribution in [-0.4, -0.2) is 34.9 Å². The molecule has 2 aromatic rings. The summed E-state index contributed by atoms with van der Waals surface area (Å²) in [4.78, 5) is 8.64. The lowest BCUT2D eigenvalue weighted by molar-refractivity contribution is -0.118. The molecule has 0 aliphatic carbocycles. The molecule has 0 amide bonds. The maximum atomic E-state index is 5.92. The molecule has 21 heavy (non-hydrogen) atoms. The molecule has 0 aromatic carbocycles. The number of nitrogens with zero attached hydrogens (tertiary/aromatic N) is 3. The van der Waals surface area contributed by atoms with E-state index in [1.54, 1.807) is 18.3 Å². The molecule has 0 bridgehead atoms. The minimum atomic E-state index is -0.543. The maximum Gasteiger partial charge on any atom is 0.278 e. The first kappa shape index (κ1) is 14.0. The molecule has 2 N–H and O–H groups in total. The van der Waals surface area contributed by atoms with Crippen molar-refractivity contribution in [1.82, 2.24) is 15.1 Å². The molecule has 0 atom stereocenters. The van der Waals surface area contributed by atoms with Crippen molar-refractivity contribution in [2.45, 2.75) is 25.4 Å². The summed E-state index contributed by atoms with van der Waals surface area (Å²) in [5, 5.41) is 4.09. The van der Waals surface area contributed by atoms with Crippen LogP contribution in [0.4, 0.5) is 5.69 Å². The Labute approximate surface area is 122 Å². The summed E-state index contributed by atoms with van der Waals surface area (Å²) in [6.45, 7) is 3.77. The third-order valence-corrected chi connectivity index (χ3v) is 3.60. The number of nitrogens with two attached hydrogens (primary N) is 1. The lowest BCUT2D eigenvalue weighted by Gasteiger charge is -2.33. The minimum absolute atomic E-state index is 0.314. The summed E-state index contributed by atoms with van der Waals surface area (Å²) in [6.07, 6.45) is 3.05. The average Bonchev–Trinajstić information content (AvgIpc) is 2.99. The van der Waals surface area contributed by atoms with Crippen molar-refractivity contribution in [2.75, 3.05) is 25.6 Å². The first-order valence-corrected chi connectivity index (χ1v) is 7.02. The zero-order valence-electron chi connectivity index (χ0n) is 11.9. The minimum Gasteiger partial charge on any atom is -0.397 e. The summed E-state index contributed by atoms with van der Waals surface area (Å²) in [6, 6.07) is 3.51. The third kappa shape index (κ3) is 2.62. The van der Waals surface area contributed by atoms with Crippen molar-refractivity contribution >= 4 is 5.69 Å². The van der Waals surface area contributed by atoms with Crippen molar-refractivity contribution < 1.29 is 14.0 Å². The number of nitrogen functional groups attached to an aromatic ring is 1. The monoisotopic (exact) mass is 290 g/mol. The number of hydrogen-bond donors (Lipinski definition) is 1. The summed E-state index contributed by atoms with van der Waals surface area (Å²) in [7, 11) is 0. The van der Waals surface area contributed by atoms with Gasteiger partial charge in [0.15, 0.2) is 5.69 Å². The SMILES string of the molecule is CCOC1(c2noc(-c3ncccc3N)n2)CCOCC1. The molecule has 0 unspecified atom stereocenters. The van der Waals surface area contributed by atoms with E-state index in [4.69, 9.17) is 19.7 Å². The van der Waals surface area contributed by atoms with Crippen LogP contribution in [0.2, 0.25) is 0 Å². The van der Waals surface area contributed by atoms with Gasteiger partial charge in [0.1, 0.15) is 5.60 Å². The highest BCUT2D eigenvalue weighted by Gasteiger charge is 2.40. The van der Waals surface area contributed by atoms with Crippen LogP contribution in [0.5, 0.6) is 0 Å². The molecule has 3 rings (SSSR count). The van der Waals surface area contributed by atoms with Crippen LogP contribution in [0.1, 0.15) is 25.6 Å². The summed E-state index contributed by atoms with van der Waals surface area (Å²) in [5.74, 6) is 0.848. The predicted octanol–water partition coefficient (Wildman–Crippen LogP) is 1.76. The van der Waals surface area contributed by atoms with Crippen molar-refractivity contribution in [3.63, 3.8) is 0 Å². The van der Waals surface area contributed by atoms with Crippen molar-refractivity contribution in [3.05, 3.63) is 24.2 Å². The Morgan fingerprint density at radius 1 is 1.38 bits per heavy atom. The molecule has 1 fully saturated rings. The molecule has 0 saturated carbocycles. The van der Waals surface area contributed by atoms with Crippen LogP contribution in [0.15, 0.2) is 22.9 Å². The van der Waals surface area contributed by atoms with Gasteiger partial charge >= 0.3 is 0 Å². The third-order valence-electron chi connectivity index (χ3n) is 3.60. The van der Waals surface area contributed by atoms with E-state index in [-0.39, 0.29) is 0 Å². The second-order valence-electron chi connectivity index (χ2n) is 4.90. The Kier molecular flexibility index (Phi) is 3.85. The van der Waals surface area contributed by atoms with E-state index in [9.17, 15) is 0 Å². The largest absolute Gasteiger partial charge is 0.397 e. The van der Waals surface area contributed by atoms with Gasteiger partial charge in [0.2, 0.25) is 5.82 Å². The predicted molar refractivity (Wildman–Crippen MR) is 75.3 cm³/mol. The maximum absolute atomic E-state index is 5.92. The fourth-order valence-electron chi connectivity index (χ4n) is 2.51. The molecule has 3 heterocycles.